The van der Waals surface area contributed by atoms with Gasteiger partial charge in [-0.2, -0.15) is 0 Å². The van der Waals surface area contributed by atoms with Crippen LogP contribution in [0.2, 0.25) is 0 Å². The Hall–Kier alpha value is -1.07. The monoisotopic (exact) mass is 282 g/mol. The minimum atomic E-state index is -3.21. The number of hydrogen-bond donors (Lipinski definition) is 2. The largest absolute Gasteiger partial charge is 0.399 e. The predicted molar refractivity (Wildman–Crippen MR) is 78.4 cm³/mol. The van der Waals surface area contributed by atoms with Gasteiger partial charge in [0.2, 0.25) is 10.0 Å². The van der Waals surface area contributed by atoms with Crippen molar-refractivity contribution in [2.24, 2.45) is 0 Å². The van der Waals surface area contributed by atoms with Crippen molar-refractivity contribution in [3.63, 3.8) is 0 Å². The molecule has 1 fully saturated rings. The first-order valence-corrected chi connectivity index (χ1v) is 8.31. The van der Waals surface area contributed by atoms with E-state index in [9.17, 15) is 8.42 Å². The molecule has 1 aliphatic carbocycles. The van der Waals surface area contributed by atoms with Crippen LogP contribution in [0.25, 0.3) is 0 Å². The highest BCUT2D eigenvalue weighted by Gasteiger charge is 2.32. The van der Waals surface area contributed by atoms with E-state index in [0.29, 0.717) is 0 Å². The number of nitrogens with two attached hydrogens (primary N) is 1. The quantitative estimate of drug-likeness (QED) is 0.832. The minimum absolute atomic E-state index is 0.0102. The van der Waals surface area contributed by atoms with Gasteiger partial charge in [0.1, 0.15) is 0 Å². The Kier molecular flexibility index (Phi) is 4.16. The lowest BCUT2D eigenvalue weighted by atomic mass is 9.94. The first-order valence-electron chi connectivity index (χ1n) is 6.77. The van der Waals surface area contributed by atoms with Gasteiger partial charge in [-0.05, 0) is 44.4 Å². The molecule has 2 atom stereocenters. The molecule has 1 saturated carbocycles. The summed E-state index contributed by atoms with van der Waals surface area (Å²) >= 11 is 0. The molecular formula is C14H22N2O2S. The van der Waals surface area contributed by atoms with Crippen LogP contribution in [0.1, 0.15) is 44.6 Å². The molecule has 0 bridgehead atoms. The van der Waals surface area contributed by atoms with E-state index >= 15 is 0 Å². The first kappa shape index (κ1) is 14.3. The fourth-order valence-electron chi connectivity index (χ4n) is 2.59. The summed E-state index contributed by atoms with van der Waals surface area (Å²) < 4.78 is 26.8. The van der Waals surface area contributed by atoms with Crippen LogP contribution in [0.15, 0.2) is 24.3 Å². The van der Waals surface area contributed by atoms with Gasteiger partial charge < -0.3 is 5.73 Å². The van der Waals surface area contributed by atoms with Gasteiger partial charge in [0.15, 0.2) is 0 Å². The maximum Gasteiger partial charge on any atom is 0.214 e. The molecule has 5 heteroatoms. The summed E-state index contributed by atoms with van der Waals surface area (Å²) in [5.41, 5.74) is 7.60. The molecule has 2 unspecified atom stereocenters. The summed E-state index contributed by atoms with van der Waals surface area (Å²) in [7, 11) is -3.21. The molecule has 4 nitrogen and oxygen atoms in total. The predicted octanol–water partition coefficient (Wildman–Crippen LogP) is 2.23. The molecule has 0 saturated heterocycles. The van der Waals surface area contributed by atoms with E-state index in [2.05, 4.69) is 4.72 Å². The molecule has 1 aromatic carbocycles. The Morgan fingerprint density at radius 3 is 2.42 bits per heavy atom. The van der Waals surface area contributed by atoms with Crippen LogP contribution in [0.5, 0.6) is 0 Å². The summed E-state index contributed by atoms with van der Waals surface area (Å²) in [6.07, 6.45) is 2.98. The van der Waals surface area contributed by atoms with Gasteiger partial charge in [0, 0.05) is 17.6 Å². The molecule has 1 aliphatic rings. The fourth-order valence-corrected chi connectivity index (χ4v) is 3.57. The first-order chi connectivity index (χ1) is 8.90. The number of benzene rings is 1. The van der Waals surface area contributed by atoms with Crippen LogP contribution < -0.4 is 10.5 Å². The lowest BCUT2D eigenvalue weighted by Gasteiger charge is -2.22. The molecule has 0 aliphatic heterocycles. The van der Waals surface area contributed by atoms with Crippen molar-refractivity contribution in [3.05, 3.63) is 29.8 Å². The second-order valence-electron chi connectivity index (χ2n) is 5.52. The van der Waals surface area contributed by atoms with Gasteiger partial charge in [-0.1, -0.05) is 18.6 Å². The van der Waals surface area contributed by atoms with Crippen molar-refractivity contribution >= 4 is 15.7 Å². The highest BCUT2D eigenvalue weighted by Crippen LogP contribution is 2.35. The normalized spacial score (nSPS) is 23.9. The zero-order valence-corrected chi connectivity index (χ0v) is 12.3. The van der Waals surface area contributed by atoms with Crippen LogP contribution in [-0.4, -0.2) is 19.7 Å². The molecule has 0 aromatic heterocycles. The van der Waals surface area contributed by atoms with Crippen molar-refractivity contribution in [2.75, 3.05) is 5.73 Å². The third-order valence-electron chi connectivity index (χ3n) is 3.82. The highest BCUT2D eigenvalue weighted by atomic mass is 32.2. The molecule has 2 rings (SSSR count). The van der Waals surface area contributed by atoms with Gasteiger partial charge in [-0.3, -0.25) is 0 Å². The smallest absolute Gasteiger partial charge is 0.214 e. The molecule has 0 radical (unpaired) electrons. The molecule has 0 heterocycles. The van der Waals surface area contributed by atoms with Crippen molar-refractivity contribution < 1.29 is 8.42 Å². The summed E-state index contributed by atoms with van der Waals surface area (Å²) in [6, 6.07) is 7.77. The van der Waals surface area contributed by atoms with E-state index in [4.69, 9.17) is 5.73 Å². The van der Waals surface area contributed by atoms with Gasteiger partial charge in [-0.15, -0.1) is 0 Å². The summed E-state index contributed by atoms with van der Waals surface area (Å²) in [5, 5.41) is -0.389. The Labute approximate surface area is 115 Å². The standard InChI is InChI=1S/C14H22N2O2S/c1-10(2)19(17,18)16-14-5-3-4-13(14)11-6-8-12(15)9-7-11/h6-10,13-14,16H,3-5,15H2,1-2H3. The second-order valence-corrected chi connectivity index (χ2v) is 7.79. The number of nitrogens with one attached hydrogen (secondary N) is 1. The molecule has 0 spiro atoms. The SMILES string of the molecule is CC(C)S(=O)(=O)NC1CCCC1c1ccc(N)cc1. The Bertz CT molecular complexity index is 523. The number of nitrogen functional groups attached to an aromatic ring is 1. The number of rotatable bonds is 4. The van der Waals surface area contributed by atoms with E-state index < -0.39 is 10.0 Å². The van der Waals surface area contributed by atoms with Gasteiger partial charge in [0.25, 0.3) is 0 Å². The van der Waals surface area contributed by atoms with E-state index in [1.165, 1.54) is 5.56 Å². The number of anilines is 1. The van der Waals surface area contributed by atoms with E-state index in [0.717, 1.165) is 24.9 Å². The zero-order valence-electron chi connectivity index (χ0n) is 11.5. The van der Waals surface area contributed by atoms with E-state index in [-0.39, 0.29) is 17.2 Å². The van der Waals surface area contributed by atoms with E-state index in [1.807, 2.05) is 24.3 Å². The lowest BCUT2D eigenvalue weighted by molar-refractivity contribution is 0.519. The average Bonchev–Trinajstić information content (AvgIpc) is 2.77. The van der Waals surface area contributed by atoms with Crippen molar-refractivity contribution in [1.82, 2.24) is 4.72 Å². The molecule has 19 heavy (non-hydrogen) atoms. The highest BCUT2D eigenvalue weighted by molar-refractivity contribution is 7.90. The summed E-state index contributed by atoms with van der Waals surface area (Å²) in [5.74, 6) is 0.258. The van der Waals surface area contributed by atoms with Crippen molar-refractivity contribution in [1.29, 1.82) is 0 Å². The summed E-state index contributed by atoms with van der Waals surface area (Å²) in [4.78, 5) is 0. The Morgan fingerprint density at radius 2 is 1.84 bits per heavy atom. The second kappa shape index (κ2) is 5.51. The van der Waals surface area contributed by atoms with Gasteiger partial charge in [0.05, 0.1) is 5.25 Å². The van der Waals surface area contributed by atoms with Crippen LogP contribution in [-0.2, 0) is 10.0 Å². The topological polar surface area (TPSA) is 72.2 Å². The van der Waals surface area contributed by atoms with Crippen LogP contribution in [0.4, 0.5) is 5.69 Å². The molecule has 3 N–H and O–H groups in total. The lowest BCUT2D eigenvalue weighted by Crippen LogP contribution is -2.40. The Morgan fingerprint density at radius 1 is 1.21 bits per heavy atom. The van der Waals surface area contributed by atoms with Gasteiger partial charge in [-0.25, -0.2) is 13.1 Å². The molecule has 0 amide bonds. The maximum absolute atomic E-state index is 12.0. The number of hydrogen-bond acceptors (Lipinski definition) is 3. The van der Waals surface area contributed by atoms with Crippen LogP contribution in [0.3, 0.4) is 0 Å². The van der Waals surface area contributed by atoms with Gasteiger partial charge >= 0.3 is 0 Å². The third kappa shape index (κ3) is 3.28. The Balaban J connectivity index is 2.15. The molecular weight excluding hydrogens is 260 g/mol. The maximum atomic E-state index is 12.0. The number of sulfonamides is 1. The molecule has 106 valence electrons. The van der Waals surface area contributed by atoms with Crippen molar-refractivity contribution in [2.45, 2.75) is 50.3 Å². The van der Waals surface area contributed by atoms with E-state index in [1.54, 1.807) is 13.8 Å². The third-order valence-corrected chi connectivity index (χ3v) is 5.69. The van der Waals surface area contributed by atoms with Crippen LogP contribution in [0, 0.1) is 0 Å². The van der Waals surface area contributed by atoms with Crippen LogP contribution >= 0.6 is 0 Å². The minimum Gasteiger partial charge on any atom is -0.399 e. The average molecular weight is 282 g/mol. The molecule has 1 aromatic rings. The zero-order chi connectivity index (χ0) is 14.0. The summed E-state index contributed by atoms with van der Waals surface area (Å²) in [6.45, 7) is 3.41. The fraction of sp³-hybridized carbons (Fsp3) is 0.571. The van der Waals surface area contributed by atoms with Crippen molar-refractivity contribution in [3.8, 4) is 0 Å².